The van der Waals surface area contributed by atoms with Crippen LogP contribution in [0.5, 0.6) is 0 Å². The summed E-state index contributed by atoms with van der Waals surface area (Å²) >= 11 is 1.35. The lowest BCUT2D eigenvalue weighted by Crippen LogP contribution is -2.60. The van der Waals surface area contributed by atoms with Gasteiger partial charge >= 0.3 is 11.9 Å². The van der Waals surface area contributed by atoms with Crippen LogP contribution in [0, 0.1) is 11.8 Å². The van der Waals surface area contributed by atoms with Crippen molar-refractivity contribution in [2.75, 3.05) is 12.0 Å². The molecule has 0 saturated carbocycles. The molecule has 2 rings (SSSR count). The number of aromatic nitrogens is 1. The minimum Gasteiger partial charge on any atom is -0.481 e. The monoisotopic (exact) mass is 946 g/mol. The van der Waals surface area contributed by atoms with Gasteiger partial charge in [0, 0.05) is 36.4 Å². The molecular formula is C43H66N10O12S. The molecule has 0 fully saturated rings. The minimum absolute atomic E-state index is 0.00656. The van der Waals surface area contributed by atoms with Crippen molar-refractivity contribution >= 4 is 81.9 Å². The normalized spacial score (nSPS) is 14.4. The van der Waals surface area contributed by atoms with Gasteiger partial charge in [-0.25, -0.2) is 4.79 Å². The number of nitrogens with one attached hydrogen (secondary N) is 7. The lowest BCUT2D eigenvalue weighted by atomic mass is 10.0. The van der Waals surface area contributed by atoms with E-state index < -0.39 is 114 Å². The summed E-state index contributed by atoms with van der Waals surface area (Å²) in [5.74, 6) is -9.57. The van der Waals surface area contributed by atoms with E-state index in [-0.39, 0.29) is 63.2 Å². The van der Waals surface area contributed by atoms with E-state index in [4.69, 9.17) is 17.2 Å². The van der Waals surface area contributed by atoms with Gasteiger partial charge in [0.2, 0.25) is 47.3 Å². The molecule has 0 spiro atoms. The molecule has 8 amide bonds. The molecule has 23 heteroatoms. The van der Waals surface area contributed by atoms with Crippen LogP contribution in [0.4, 0.5) is 0 Å². The zero-order valence-electron chi connectivity index (χ0n) is 38.0. The molecule has 0 aliphatic heterocycles. The second kappa shape index (κ2) is 28.0. The van der Waals surface area contributed by atoms with Gasteiger partial charge in [0.1, 0.15) is 36.3 Å². The highest BCUT2D eigenvalue weighted by molar-refractivity contribution is 7.98. The summed E-state index contributed by atoms with van der Waals surface area (Å²) in [5, 5.41) is 35.0. The van der Waals surface area contributed by atoms with Crippen molar-refractivity contribution in [2.45, 2.75) is 134 Å². The summed E-state index contributed by atoms with van der Waals surface area (Å²) in [6, 6.07) is -2.22. The Morgan fingerprint density at radius 2 is 1.00 bits per heavy atom. The van der Waals surface area contributed by atoms with Crippen LogP contribution >= 0.6 is 11.8 Å². The van der Waals surface area contributed by atoms with Crippen LogP contribution in [0.1, 0.15) is 91.0 Å². The second-order valence-electron chi connectivity index (χ2n) is 16.9. The fourth-order valence-electron chi connectivity index (χ4n) is 6.82. The molecule has 1 aromatic heterocycles. The van der Waals surface area contributed by atoms with Crippen LogP contribution in [0.2, 0.25) is 0 Å². The van der Waals surface area contributed by atoms with Crippen LogP contribution in [0.15, 0.2) is 30.5 Å². The Labute approximate surface area is 387 Å². The molecule has 1 aromatic carbocycles. The van der Waals surface area contributed by atoms with E-state index >= 15 is 0 Å². The molecule has 2 aromatic rings. The fourth-order valence-corrected chi connectivity index (χ4v) is 7.29. The molecular weight excluding hydrogens is 881 g/mol. The molecule has 66 heavy (non-hydrogen) atoms. The van der Waals surface area contributed by atoms with Gasteiger partial charge in [0.05, 0.1) is 6.04 Å². The lowest BCUT2D eigenvalue weighted by molar-refractivity contribution is -0.143. The number of nitrogens with two attached hydrogens (primary N) is 3. The lowest BCUT2D eigenvalue weighted by Gasteiger charge is -2.28. The van der Waals surface area contributed by atoms with Gasteiger partial charge in [-0.05, 0) is 80.4 Å². The number of carboxylic acid groups (broad SMARTS) is 2. The summed E-state index contributed by atoms with van der Waals surface area (Å²) in [4.78, 5) is 132. The number of fused-ring (bicyclic) bond motifs is 1. The summed E-state index contributed by atoms with van der Waals surface area (Å²) < 4.78 is 0. The highest BCUT2D eigenvalue weighted by atomic mass is 32.2. The summed E-state index contributed by atoms with van der Waals surface area (Å²) in [7, 11) is 0. The van der Waals surface area contributed by atoms with E-state index in [1.54, 1.807) is 40.1 Å². The highest BCUT2D eigenvalue weighted by Gasteiger charge is 2.34. The summed E-state index contributed by atoms with van der Waals surface area (Å²) in [6.45, 7) is 6.98. The number of rotatable bonds is 31. The predicted molar refractivity (Wildman–Crippen MR) is 245 cm³/mol. The van der Waals surface area contributed by atoms with Crippen LogP contribution in [-0.4, -0.2) is 129 Å². The molecule has 1 heterocycles. The van der Waals surface area contributed by atoms with Crippen LogP contribution < -0.4 is 49.1 Å². The third-order valence-corrected chi connectivity index (χ3v) is 10.9. The number of H-pyrrole nitrogens is 1. The van der Waals surface area contributed by atoms with E-state index in [1.807, 2.05) is 24.3 Å². The number of thioether (sulfide) groups is 1. The molecule has 0 bridgehead atoms. The van der Waals surface area contributed by atoms with Crippen LogP contribution in [0.3, 0.4) is 0 Å². The molecule has 22 nitrogen and oxygen atoms in total. The predicted octanol–water partition coefficient (Wildman–Crippen LogP) is -0.728. The van der Waals surface area contributed by atoms with Gasteiger partial charge in [-0.3, -0.25) is 43.2 Å². The molecule has 0 aliphatic carbocycles. The van der Waals surface area contributed by atoms with E-state index in [9.17, 15) is 58.2 Å². The van der Waals surface area contributed by atoms with Crippen molar-refractivity contribution in [2.24, 2.45) is 29.0 Å². The largest absolute Gasteiger partial charge is 0.481 e. The topological polar surface area (TPSA) is 377 Å². The fraction of sp³-hybridized carbons (Fsp3) is 0.581. The Balaban J connectivity index is 2.34. The number of amides is 8. The van der Waals surface area contributed by atoms with Crippen molar-refractivity contribution in [3.8, 4) is 0 Å². The van der Waals surface area contributed by atoms with Crippen molar-refractivity contribution in [3.63, 3.8) is 0 Å². The maximum atomic E-state index is 14.0. The Kier molecular flexibility index (Phi) is 23.7. The molecule has 366 valence electrons. The minimum atomic E-state index is -1.54. The number of aliphatic carboxylic acids is 2. The van der Waals surface area contributed by atoms with Crippen molar-refractivity contribution in [1.82, 2.24) is 36.9 Å². The summed E-state index contributed by atoms with van der Waals surface area (Å²) in [5.41, 5.74) is 18.5. The number of hydrogen-bond acceptors (Lipinski definition) is 12. The van der Waals surface area contributed by atoms with E-state index in [0.29, 0.717) is 5.75 Å². The first kappa shape index (κ1) is 55.9. The SMILES string of the molecule is CSCC[C@H](NC(=O)[C@H](CCC(=O)O)NC(=O)[C@@H](N)Cc1c[nH]c2ccccc12)C(=O)N[C@@H](CC(C)C)C(=O)N[C@@H](CCC(N)=O)C(=O)N[C@@H](CCC(N)=O)C(=O)N[C@@H](CC(C)C)C(=O)O. The van der Waals surface area contributed by atoms with Crippen molar-refractivity contribution in [3.05, 3.63) is 36.0 Å². The quantitative estimate of drug-likeness (QED) is 0.0444. The number of aromatic amines is 1. The van der Waals surface area contributed by atoms with Crippen LogP contribution in [0.25, 0.3) is 10.9 Å². The molecule has 7 atom stereocenters. The second-order valence-corrected chi connectivity index (χ2v) is 17.8. The Bertz CT molecular complexity index is 2030. The standard InChI is InChI=1S/C43H66N10O12S/c1-22(2)18-32(42(63)50-28(10-13-34(45)54)38(59)49-29(11-14-35(46)55)40(61)53-33(43(64)65)19-23(3)4)52-41(62)31(16-17-66-5)51-39(60)30(12-15-36(56)57)48-37(58)26(44)20-24-21-47-27-9-7-6-8-25(24)27/h6-9,21-23,26,28-33,47H,10-20,44H2,1-5H3,(H2,45,54)(H2,46,55)(H,48,58)(H,49,59)(H,50,63)(H,51,60)(H,52,62)(H,53,61)(H,56,57)(H,64,65)/t26-,28-,29-,30-,31-,32-,33-/m0/s1. The van der Waals surface area contributed by atoms with Crippen molar-refractivity contribution in [1.29, 1.82) is 0 Å². The maximum absolute atomic E-state index is 14.0. The van der Waals surface area contributed by atoms with Gasteiger partial charge in [0.15, 0.2) is 0 Å². The first-order valence-electron chi connectivity index (χ1n) is 21.7. The Hall–Kier alpha value is -6.23. The Morgan fingerprint density at radius 1 is 0.591 bits per heavy atom. The molecule has 0 saturated heterocycles. The van der Waals surface area contributed by atoms with Gasteiger partial charge in [-0.2, -0.15) is 11.8 Å². The number of benzene rings is 1. The van der Waals surface area contributed by atoms with Gasteiger partial charge < -0.3 is 64.3 Å². The first-order valence-corrected chi connectivity index (χ1v) is 23.0. The number of carbonyl (C=O) groups is 10. The number of para-hydroxylation sites is 1. The average Bonchev–Trinajstić information content (AvgIpc) is 3.64. The third-order valence-electron chi connectivity index (χ3n) is 10.3. The number of primary amides is 2. The molecule has 0 radical (unpaired) electrons. The Morgan fingerprint density at radius 3 is 1.45 bits per heavy atom. The average molecular weight is 947 g/mol. The van der Waals surface area contributed by atoms with Crippen LogP contribution in [-0.2, 0) is 54.4 Å². The number of carboxylic acids is 2. The zero-order chi connectivity index (χ0) is 49.7. The van der Waals surface area contributed by atoms with Gasteiger partial charge in [-0.15, -0.1) is 0 Å². The third kappa shape index (κ3) is 19.9. The van der Waals surface area contributed by atoms with E-state index in [0.717, 1.165) is 16.5 Å². The molecule has 15 N–H and O–H groups in total. The summed E-state index contributed by atoms with van der Waals surface area (Å²) in [6.07, 6.45) is 1.26. The van der Waals surface area contributed by atoms with E-state index in [1.165, 1.54) is 11.8 Å². The first-order chi connectivity index (χ1) is 31.0. The van der Waals surface area contributed by atoms with Gasteiger partial charge in [0.25, 0.3) is 0 Å². The van der Waals surface area contributed by atoms with E-state index in [2.05, 4.69) is 36.9 Å². The zero-order valence-corrected chi connectivity index (χ0v) is 38.8. The van der Waals surface area contributed by atoms with Gasteiger partial charge in [-0.1, -0.05) is 45.9 Å². The number of hydrogen-bond donors (Lipinski definition) is 12. The molecule has 0 unspecified atom stereocenters. The maximum Gasteiger partial charge on any atom is 0.326 e. The highest BCUT2D eigenvalue weighted by Crippen LogP contribution is 2.19. The van der Waals surface area contributed by atoms with Crippen molar-refractivity contribution < 1.29 is 58.2 Å². The number of carbonyl (C=O) groups excluding carboxylic acids is 8. The molecule has 0 aliphatic rings. The smallest absolute Gasteiger partial charge is 0.326 e.